The number of piperidine rings is 1. The van der Waals surface area contributed by atoms with E-state index in [0.717, 1.165) is 56.7 Å². The van der Waals surface area contributed by atoms with E-state index in [-0.39, 0.29) is 11.8 Å². The highest BCUT2D eigenvalue weighted by molar-refractivity contribution is 5.94. The van der Waals surface area contributed by atoms with Gasteiger partial charge in [0.15, 0.2) is 0 Å². The number of amides is 2. The summed E-state index contributed by atoms with van der Waals surface area (Å²) in [4.78, 5) is 32.7. The number of nitrogens with one attached hydrogen (secondary N) is 1. The molecule has 2 fully saturated rings. The lowest BCUT2D eigenvalue weighted by Crippen LogP contribution is -2.47. The SMILES string of the molecule is O=C(c1ccc(NCc2ccncc2)cc1)N1CCC(N2CCCC2=O)CC1. The summed E-state index contributed by atoms with van der Waals surface area (Å²) in [6.07, 6.45) is 6.97. The van der Waals surface area contributed by atoms with Crippen LogP contribution in [0.3, 0.4) is 0 Å². The summed E-state index contributed by atoms with van der Waals surface area (Å²) in [6, 6.07) is 11.9. The molecule has 0 saturated carbocycles. The fourth-order valence-electron chi connectivity index (χ4n) is 4.05. The van der Waals surface area contributed by atoms with Crippen molar-refractivity contribution in [3.63, 3.8) is 0 Å². The highest BCUT2D eigenvalue weighted by Gasteiger charge is 2.32. The van der Waals surface area contributed by atoms with Crippen molar-refractivity contribution in [1.29, 1.82) is 0 Å². The average Bonchev–Trinajstić information content (AvgIpc) is 3.19. The molecule has 146 valence electrons. The predicted octanol–water partition coefficient (Wildman–Crippen LogP) is 2.92. The van der Waals surface area contributed by atoms with Crippen molar-refractivity contribution in [3.05, 3.63) is 59.9 Å². The van der Waals surface area contributed by atoms with Gasteiger partial charge >= 0.3 is 0 Å². The predicted molar refractivity (Wildman–Crippen MR) is 108 cm³/mol. The van der Waals surface area contributed by atoms with Gasteiger partial charge in [-0.25, -0.2) is 0 Å². The molecule has 3 heterocycles. The van der Waals surface area contributed by atoms with E-state index >= 15 is 0 Å². The van der Waals surface area contributed by atoms with Gasteiger partial charge in [-0.2, -0.15) is 0 Å². The average molecular weight is 378 g/mol. The van der Waals surface area contributed by atoms with Crippen LogP contribution in [0.4, 0.5) is 5.69 Å². The first kappa shape index (κ1) is 18.5. The Kier molecular flexibility index (Phi) is 5.55. The Labute approximate surface area is 165 Å². The second kappa shape index (κ2) is 8.42. The minimum absolute atomic E-state index is 0.0758. The van der Waals surface area contributed by atoms with Gasteiger partial charge in [0.25, 0.3) is 5.91 Å². The van der Waals surface area contributed by atoms with E-state index < -0.39 is 0 Å². The van der Waals surface area contributed by atoms with Crippen LogP contribution in [0, 0.1) is 0 Å². The number of carbonyl (C=O) groups excluding carboxylic acids is 2. The van der Waals surface area contributed by atoms with Crippen molar-refractivity contribution >= 4 is 17.5 Å². The van der Waals surface area contributed by atoms with Crippen LogP contribution in [-0.4, -0.2) is 52.3 Å². The van der Waals surface area contributed by atoms with E-state index in [1.54, 1.807) is 12.4 Å². The lowest BCUT2D eigenvalue weighted by molar-refractivity contribution is -0.130. The molecule has 2 aromatic rings. The zero-order valence-electron chi connectivity index (χ0n) is 16.0. The third kappa shape index (κ3) is 4.16. The number of nitrogens with zero attached hydrogens (tertiary/aromatic N) is 3. The molecule has 0 atom stereocenters. The molecular formula is C22H26N4O2. The van der Waals surface area contributed by atoms with Gasteiger partial charge in [0.05, 0.1) is 0 Å². The molecule has 28 heavy (non-hydrogen) atoms. The second-order valence-electron chi connectivity index (χ2n) is 7.50. The maximum atomic E-state index is 12.8. The second-order valence-corrected chi connectivity index (χ2v) is 7.50. The van der Waals surface area contributed by atoms with Gasteiger partial charge in [0, 0.05) is 62.3 Å². The smallest absolute Gasteiger partial charge is 0.253 e. The van der Waals surface area contributed by atoms with Gasteiger partial charge in [-0.05, 0) is 61.2 Å². The number of aromatic nitrogens is 1. The van der Waals surface area contributed by atoms with E-state index in [1.807, 2.05) is 46.2 Å². The molecule has 2 saturated heterocycles. The van der Waals surface area contributed by atoms with Crippen LogP contribution in [0.2, 0.25) is 0 Å². The zero-order chi connectivity index (χ0) is 19.3. The van der Waals surface area contributed by atoms with Gasteiger partial charge in [-0.15, -0.1) is 0 Å². The summed E-state index contributed by atoms with van der Waals surface area (Å²) in [5.41, 5.74) is 2.86. The van der Waals surface area contributed by atoms with E-state index in [4.69, 9.17) is 0 Å². The largest absolute Gasteiger partial charge is 0.381 e. The van der Waals surface area contributed by atoms with Crippen molar-refractivity contribution in [1.82, 2.24) is 14.8 Å². The van der Waals surface area contributed by atoms with Crippen LogP contribution in [0.25, 0.3) is 0 Å². The number of rotatable bonds is 5. The molecule has 1 aromatic heterocycles. The summed E-state index contributed by atoms with van der Waals surface area (Å²) >= 11 is 0. The Morgan fingerprint density at radius 2 is 1.75 bits per heavy atom. The zero-order valence-corrected chi connectivity index (χ0v) is 16.0. The summed E-state index contributed by atoms with van der Waals surface area (Å²) < 4.78 is 0. The Balaban J connectivity index is 1.29. The number of pyridine rings is 1. The first-order valence-corrected chi connectivity index (χ1v) is 10.0. The van der Waals surface area contributed by atoms with Crippen LogP contribution in [0.15, 0.2) is 48.8 Å². The molecular weight excluding hydrogens is 352 g/mol. The van der Waals surface area contributed by atoms with E-state index in [0.29, 0.717) is 18.0 Å². The number of likely N-dealkylation sites (tertiary alicyclic amines) is 2. The third-order valence-corrected chi connectivity index (χ3v) is 5.68. The molecule has 4 rings (SSSR count). The van der Waals surface area contributed by atoms with Crippen molar-refractivity contribution in [3.8, 4) is 0 Å². The molecule has 0 spiro atoms. The maximum absolute atomic E-state index is 12.8. The Morgan fingerprint density at radius 3 is 2.39 bits per heavy atom. The molecule has 1 N–H and O–H groups in total. The van der Waals surface area contributed by atoms with Crippen LogP contribution in [-0.2, 0) is 11.3 Å². The Bertz CT molecular complexity index is 814. The normalized spacial score (nSPS) is 17.8. The summed E-state index contributed by atoms with van der Waals surface area (Å²) in [6.45, 7) is 3.04. The molecule has 0 bridgehead atoms. The van der Waals surface area contributed by atoms with Gasteiger partial charge in [0.2, 0.25) is 5.91 Å². The lowest BCUT2D eigenvalue weighted by Gasteiger charge is -2.36. The van der Waals surface area contributed by atoms with Gasteiger partial charge in [-0.3, -0.25) is 14.6 Å². The van der Waals surface area contributed by atoms with Gasteiger partial charge < -0.3 is 15.1 Å². The Morgan fingerprint density at radius 1 is 1.04 bits per heavy atom. The number of hydrogen-bond donors (Lipinski definition) is 1. The molecule has 0 radical (unpaired) electrons. The molecule has 0 aliphatic carbocycles. The quantitative estimate of drug-likeness (QED) is 0.869. The number of hydrogen-bond acceptors (Lipinski definition) is 4. The first-order chi connectivity index (χ1) is 13.7. The van der Waals surface area contributed by atoms with Gasteiger partial charge in [-0.1, -0.05) is 0 Å². The van der Waals surface area contributed by atoms with Crippen molar-refractivity contribution in [2.75, 3.05) is 25.0 Å². The lowest BCUT2D eigenvalue weighted by atomic mass is 10.0. The summed E-state index contributed by atoms with van der Waals surface area (Å²) in [5.74, 6) is 0.353. The van der Waals surface area contributed by atoms with E-state index in [1.165, 1.54) is 0 Å². The van der Waals surface area contributed by atoms with Gasteiger partial charge in [0.1, 0.15) is 0 Å². The number of carbonyl (C=O) groups is 2. The van der Waals surface area contributed by atoms with Crippen LogP contribution >= 0.6 is 0 Å². The fraction of sp³-hybridized carbons (Fsp3) is 0.409. The molecule has 6 heteroatoms. The van der Waals surface area contributed by atoms with Crippen LogP contribution < -0.4 is 5.32 Å². The standard InChI is InChI=1S/C22H26N4O2/c27-21-2-1-13-26(21)20-9-14-25(15-10-20)22(28)18-3-5-19(6-4-18)24-16-17-7-11-23-12-8-17/h3-8,11-12,20,24H,1-2,9-10,13-16H2. The molecule has 0 unspecified atom stereocenters. The van der Waals surface area contributed by atoms with Crippen LogP contribution in [0.1, 0.15) is 41.6 Å². The van der Waals surface area contributed by atoms with Crippen molar-refractivity contribution in [2.24, 2.45) is 0 Å². The van der Waals surface area contributed by atoms with Crippen LogP contribution in [0.5, 0.6) is 0 Å². The first-order valence-electron chi connectivity index (χ1n) is 10.0. The molecule has 2 aliphatic heterocycles. The van der Waals surface area contributed by atoms with Crippen molar-refractivity contribution < 1.29 is 9.59 Å². The summed E-state index contributed by atoms with van der Waals surface area (Å²) in [7, 11) is 0. The minimum atomic E-state index is 0.0758. The van der Waals surface area contributed by atoms with Crippen molar-refractivity contribution in [2.45, 2.75) is 38.3 Å². The number of benzene rings is 1. The van der Waals surface area contributed by atoms with E-state index in [9.17, 15) is 9.59 Å². The summed E-state index contributed by atoms with van der Waals surface area (Å²) in [5, 5.41) is 3.36. The monoisotopic (exact) mass is 378 g/mol. The highest BCUT2D eigenvalue weighted by Crippen LogP contribution is 2.23. The highest BCUT2D eigenvalue weighted by atomic mass is 16.2. The maximum Gasteiger partial charge on any atom is 0.253 e. The topological polar surface area (TPSA) is 65.5 Å². The minimum Gasteiger partial charge on any atom is -0.381 e. The molecule has 2 amide bonds. The number of anilines is 1. The molecule has 6 nitrogen and oxygen atoms in total. The molecule has 1 aromatic carbocycles. The fourth-order valence-corrected chi connectivity index (χ4v) is 4.05. The molecule has 2 aliphatic rings. The van der Waals surface area contributed by atoms with E-state index in [2.05, 4.69) is 10.3 Å². The third-order valence-electron chi connectivity index (χ3n) is 5.68. The Hall–Kier alpha value is -2.89.